The highest BCUT2D eigenvalue weighted by Crippen LogP contribution is 2.21. The first kappa shape index (κ1) is 14.7. The monoisotopic (exact) mass is 343 g/mol. The molecule has 1 aliphatic heterocycles. The molecule has 1 aromatic carbocycles. The molecule has 23 heavy (non-hydrogen) atoms. The molecule has 0 atom stereocenters. The van der Waals surface area contributed by atoms with Gasteiger partial charge < -0.3 is 9.88 Å². The molecule has 0 aliphatic carbocycles. The number of hydrogen-bond acceptors (Lipinski definition) is 4. The lowest BCUT2D eigenvalue weighted by Crippen LogP contribution is -2.22. The molecule has 6 heteroatoms. The Bertz CT molecular complexity index is 946. The molecule has 118 valence electrons. The van der Waals surface area contributed by atoms with E-state index in [1.54, 1.807) is 4.57 Å². The van der Waals surface area contributed by atoms with E-state index in [0.717, 1.165) is 28.9 Å². The fourth-order valence-corrected chi connectivity index (χ4v) is 4.14. The van der Waals surface area contributed by atoms with Gasteiger partial charge in [-0.1, -0.05) is 12.1 Å². The molecule has 0 radical (unpaired) electrons. The fraction of sp³-hybridized carbons (Fsp3) is 0.294. The second-order valence-corrected chi connectivity index (χ2v) is 7.15. The minimum atomic E-state index is -0.0117. The number of nitrogens with zero attached hydrogens (tertiary/aromatic N) is 2. The van der Waals surface area contributed by atoms with Crippen molar-refractivity contribution in [2.24, 2.45) is 0 Å². The Morgan fingerprint density at radius 3 is 2.61 bits per heavy atom. The number of aromatic nitrogens is 2. The number of H-pyrrole nitrogens is 1. The zero-order chi connectivity index (χ0) is 15.8. The van der Waals surface area contributed by atoms with Crippen molar-refractivity contribution in [1.29, 1.82) is 0 Å². The van der Waals surface area contributed by atoms with E-state index in [4.69, 9.17) is 12.2 Å². The molecule has 4 nitrogen and oxygen atoms in total. The maximum Gasteiger partial charge on any atom is 0.272 e. The summed E-state index contributed by atoms with van der Waals surface area (Å²) in [6.45, 7) is 2.78. The minimum absolute atomic E-state index is 0.0117. The summed E-state index contributed by atoms with van der Waals surface area (Å²) in [6, 6.07) is 10.4. The van der Waals surface area contributed by atoms with Crippen LogP contribution in [0.2, 0.25) is 0 Å². The largest absolute Gasteiger partial charge is 0.372 e. The molecule has 3 aromatic rings. The summed E-state index contributed by atoms with van der Waals surface area (Å²) >= 11 is 6.80. The molecule has 1 aliphatic rings. The quantitative estimate of drug-likeness (QED) is 0.736. The van der Waals surface area contributed by atoms with Crippen LogP contribution in [0.5, 0.6) is 0 Å². The zero-order valence-corrected chi connectivity index (χ0v) is 14.3. The molecular weight excluding hydrogens is 326 g/mol. The van der Waals surface area contributed by atoms with Gasteiger partial charge in [0.05, 0.1) is 12.1 Å². The molecule has 2 aromatic heterocycles. The zero-order valence-electron chi connectivity index (χ0n) is 12.6. The first-order valence-electron chi connectivity index (χ1n) is 7.76. The Labute approximate surface area is 143 Å². The predicted molar refractivity (Wildman–Crippen MR) is 98.3 cm³/mol. The van der Waals surface area contributed by atoms with E-state index < -0.39 is 0 Å². The molecule has 1 N–H and O–H groups in total. The Morgan fingerprint density at radius 1 is 1.13 bits per heavy atom. The van der Waals surface area contributed by atoms with Gasteiger partial charge >= 0.3 is 0 Å². The van der Waals surface area contributed by atoms with Gasteiger partial charge in [0.1, 0.15) is 4.70 Å². The summed E-state index contributed by atoms with van der Waals surface area (Å²) in [5.41, 5.74) is 3.16. The van der Waals surface area contributed by atoms with Crippen molar-refractivity contribution in [2.75, 3.05) is 18.0 Å². The summed E-state index contributed by atoms with van der Waals surface area (Å²) in [6.07, 6.45) is 2.54. The van der Waals surface area contributed by atoms with Gasteiger partial charge in [0.15, 0.2) is 4.77 Å². The van der Waals surface area contributed by atoms with Gasteiger partial charge in [-0.2, -0.15) is 0 Å². The second kappa shape index (κ2) is 5.94. The highest BCUT2D eigenvalue weighted by Gasteiger charge is 2.12. The molecule has 0 spiro atoms. The maximum absolute atomic E-state index is 12.6. The molecule has 3 heterocycles. The Kier molecular flexibility index (Phi) is 3.79. The Morgan fingerprint density at radius 2 is 1.87 bits per heavy atom. The number of anilines is 1. The van der Waals surface area contributed by atoms with E-state index in [-0.39, 0.29) is 5.56 Å². The van der Waals surface area contributed by atoms with Crippen molar-refractivity contribution in [1.82, 2.24) is 9.55 Å². The Hall–Kier alpha value is -1.92. The average Bonchev–Trinajstić information content (AvgIpc) is 3.23. The van der Waals surface area contributed by atoms with E-state index >= 15 is 0 Å². The number of hydrogen-bond donors (Lipinski definition) is 1. The van der Waals surface area contributed by atoms with Crippen LogP contribution in [0.25, 0.3) is 10.2 Å². The summed E-state index contributed by atoms with van der Waals surface area (Å²) in [4.78, 5) is 18.1. The maximum atomic E-state index is 12.6. The molecule has 0 bridgehead atoms. The van der Waals surface area contributed by atoms with Gasteiger partial charge in [-0.05, 0) is 54.2 Å². The SMILES string of the molecule is O=c1c2sccc2[nH]c(=S)n1Cc1ccc(N2CCCC2)cc1. The minimum Gasteiger partial charge on any atom is -0.372 e. The molecule has 1 fully saturated rings. The standard InChI is InChI=1S/C17H17N3OS2/c21-16-15-14(7-10-23-15)18-17(22)20(16)11-12-3-5-13(6-4-12)19-8-1-2-9-19/h3-7,10H,1-2,8-9,11H2,(H,18,22). The van der Waals surface area contributed by atoms with Crippen LogP contribution in [0.1, 0.15) is 18.4 Å². The van der Waals surface area contributed by atoms with E-state index in [9.17, 15) is 4.79 Å². The third-order valence-corrected chi connectivity index (χ3v) is 5.56. The van der Waals surface area contributed by atoms with Gasteiger partial charge in [-0.25, -0.2) is 0 Å². The van der Waals surface area contributed by atoms with Crippen LogP contribution in [0.3, 0.4) is 0 Å². The number of nitrogens with one attached hydrogen (secondary N) is 1. The van der Waals surface area contributed by atoms with Crippen LogP contribution in [0.4, 0.5) is 5.69 Å². The van der Waals surface area contributed by atoms with Crippen molar-refractivity contribution in [2.45, 2.75) is 19.4 Å². The molecule has 0 amide bonds. The Balaban J connectivity index is 1.65. The lowest BCUT2D eigenvalue weighted by molar-refractivity contribution is 0.735. The van der Waals surface area contributed by atoms with Crippen LogP contribution in [0.15, 0.2) is 40.5 Å². The number of aromatic amines is 1. The first-order chi connectivity index (χ1) is 11.2. The molecule has 1 saturated heterocycles. The van der Waals surface area contributed by atoms with Crippen LogP contribution in [-0.2, 0) is 6.54 Å². The highest BCUT2D eigenvalue weighted by molar-refractivity contribution is 7.71. The summed E-state index contributed by atoms with van der Waals surface area (Å²) in [5, 5.41) is 1.91. The summed E-state index contributed by atoms with van der Waals surface area (Å²) < 4.78 is 2.84. The van der Waals surface area contributed by atoms with E-state index in [1.807, 2.05) is 11.4 Å². The number of rotatable bonds is 3. The number of benzene rings is 1. The topological polar surface area (TPSA) is 41.0 Å². The van der Waals surface area contributed by atoms with Gasteiger partial charge in [0.25, 0.3) is 5.56 Å². The lowest BCUT2D eigenvalue weighted by atomic mass is 10.2. The molecule has 0 saturated carbocycles. The number of thiophene rings is 1. The molecule has 4 rings (SSSR count). The fourth-order valence-electron chi connectivity index (χ4n) is 3.08. The van der Waals surface area contributed by atoms with Crippen molar-refractivity contribution >= 4 is 39.5 Å². The summed E-state index contributed by atoms with van der Waals surface area (Å²) in [7, 11) is 0. The van der Waals surface area contributed by atoms with Crippen molar-refractivity contribution in [3.63, 3.8) is 0 Å². The molecule has 0 unspecified atom stereocenters. The third-order valence-electron chi connectivity index (χ3n) is 4.34. The first-order valence-corrected chi connectivity index (χ1v) is 9.05. The summed E-state index contributed by atoms with van der Waals surface area (Å²) in [5.74, 6) is 0. The van der Waals surface area contributed by atoms with E-state index in [1.165, 1.54) is 29.9 Å². The third kappa shape index (κ3) is 2.72. The normalized spacial score (nSPS) is 14.7. The van der Waals surface area contributed by atoms with Crippen molar-refractivity contribution in [3.05, 3.63) is 56.4 Å². The second-order valence-electron chi connectivity index (χ2n) is 5.85. The van der Waals surface area contributed by atoms with E-state index in [2.05, 4.69) is 34.1 Å². The highest BCUT2D eigenvalue weighted by atomic mass is 32.1. The average molecular weight is 343 g/mol. The smallest absolute Gasteiger partial charge is 0.272 e. The lowest BCUT2D eigenvalue weighted by Gasteiger charge is -2.17. The van der Waals surface area contributed by atoms with Gasteiger partial charge in [-0.3, -0.25) is 9.36 Å². The van der Waals surface area contributed by atoms with Crippen LogP contribution in [0, 0.1) is 4.77 Å². The van der Waals surface area contributed by atoms with Crippen LogP contribution < -0.4 is 10.5 Å². The van der Waals surface area contributed by atoms with Crippen molar-refractivity contribution in [3.8, 4) is 0 Å². The van der Waals surface area contributed by atoms with Gasteiger partial charge in [0, 0.05) is 18.8 Å². The van der Waals surface area contributed by atoms with Crippen LogP contribution >= 0.6 is 23.6 Å². The van der Waals surface area contributed by atoms with Crippen LogP contribution in [-0.4, -0.2) is 22.6 Å². The van der Waals surface area contributed by atoms with E-state index in [0.29, 0.717) is 11.3 Å². The molecular formula is C17H17N3OS2. The van der Waals surface area contributed by atoms with Gasteiger partial charge in [-0.15, -0.1) is 11.3 Å². The predicted octanol–water partition coefficient (Wildman–Crippen LogP) is 3.77. The number of fused-ring (bicyclic) bond motifs is 1. The van der Waals surface area contributed by atoms with Gasteiger partial charge in [0.2, 0.25) is 0 Å². The van der Waals surface area contributed by atoms with Crippen molar-refractivity contribution < 1.29 is 0 Å².